The van der Waals surface area contributed by atoms with E-state index in [1.54, 1.807) is 24.3 Å². The molecule has 7 nitrogen and oxygen atoms in total. The molecule has 3 aromatic heterocycles. The molecular weight excluding hydrogens is 352 g/mol. The highest BCUT2D eigenvalue weighted by Gasteiger charge is 2.19. The number of aromatic nitrogens is 4. The number of nitrogens with one attached hydrogen (secondary N) is 1. The van der Waals surface area contributed by atoms with Gasteiger partial charge in [-0.1, -0.05) is 17.3 Å². The Balaban J connectivity index is 1.99. The van der Waals surface area contributed by atoms with E-state index < -0.39 is 11.6 Å². The molecule has 126 valence electrons. The molecule has 3 heterocycles. The maximum absolute atomic E-state index is 14.5. The van der Waals surface area contributed by atoms with Crippen LogP contribution in [0.5, 0.6) is 0 Å². The molecule has 0 bridgehead atoms. The van der Waals surface area contributed by atoms with E-state index >= 15 is 0 Å². The monoisotopic (exact) mass is 361 g/mol. The first-order chi connectivity index (χ1) is 12.1. The molecular formula is C15H9F2N5O2S. The second-order valence-corrected chi connectivity index (χ2v) is 5.72. The number of anilines is 1. The molecule has 25 heavy (non-hydrogen) atoms. The zero-order valence-corrected chi connectivity index (χ0v) is 13.2. The van der Waals surface area contributed by atoms with Gasteiger partial charge < -0.3 is 5.73 Å². The van der Waals surface area contributed by atoms with Gasteiger partial charge in [0.05, 0.1) is 11.1 Å². The topological polar surface area (TPSA) is 103 Å². The first-order valence-electron chi connectivity index (χ1n) is 7.00. The van der Waals surface area contributed by atoms with E-state index in [0.717, 1.165) is 3.97 Å². The number of hydrogen-bond acceptors (Lipinski definition) is 6. The first-order valence-corrected chi connectivity index (χ1v) is 7.67. The summed E-state index contributed by atoms with van der Waals surface area (Å²) in [6, 6.07) is 7.68. The van der Waals surface area contributed by atoms with Gasteiger partial charge in [0.2, 0.25) is 0 Å². The fraction of sp³-hybridized carbons (Fsp3) is 0. The number of nitrogens with zero attached hydrogens (tertiary/aromatic N) is 3. The lowest BCUT2D eigenvalue weighted by atomic mass is 10.1. The van der Waals surface area contributed by atoms with Crippen molar-refractivity contribution in [3.8, 4) is 22.6 Å². The standard InChI is InChI=1S/C15H9F2N5O2S/c16-10-5-11-13(19-12(10)7-1-3-8(18)4-2-7)9(6-22(11)25-17)14-20-15(23)24-21-14/h1-6H,18H2,(H,20,21,23). The first kappa shape index (κ1) is 15.4. The van der Waals surface area contributed by atoms with E-state index in [2.05, 4.69) is 19.6 Å². The Labute approximate surface area is 142 Å². The Morgan fingerprint density at radius 1 is 1.28 bits per heavy atom. The molecule has 0 amide bonds. The molecule has 10 heteroatoms. The van der Waals surface area contributed by atoms with E-state index in [-0.39, 0.29) is 34.9 Å². The molecule has 0 aliphatic heterocycles. The van der Waals surface area contributed by atoms with Crippen molar-refractivity contribution in [1.29, 1.82) is 0 Å². The van der Waals surface area contributed by atoms with Crippen molar-refractivity contribution in [3.63, 3.8) is 0 Å². The van der Waals surface area contributed by atoms with E-state index in [0.29, 0.717) is 16.8 Å². The number of benzene rings is 1. The Kier molecular flexibility index (Phi) is 3.53. The predicted molar refractivity (Wildman–Crippen MR) is 89.8 cm³/mol. The van der Waals surface area contributed by atoms with E-state index in [1.807, 2.05) is 0 Å². The molecule has 0 aliphatic rings. The molecule has 0 atom stereocenters. The normalized spacial score (nSPS) is 11.3. The van der Waals surface area contributed by atoms with Crippen LogP contribution in [0.15, 0.2) is 45.8 Å². The molecule has 0 unspecified atom stereocenters. The number of rotatable bonds is 3. The van der Waals surface area contributed by atoms with Gasteiger partial charge in [-0.15, -0.1) is 3.89 Å². The number of nitrogens with two attached hydrogens (primary N) is 1. The van der Waals surface area contributed by atoms with Crippen LogP contribution in [0.2, 0.25) is 0 Å². The van der Waals surface area contributed by atoms with Crippen molar-refractivity contribution >= 4 is 29.1 Å². The van der Waals surface area contributed by atoms with Gasteiger partial charge in [0.1, 0.15) is 11.2 Å². The molecule has 3 N–H and O–H groups in total. The lowest BCUT2D eigenvalue weighted by Gasteiger charge is -2.05. The summed E-state index contributed by atoms with van der Waals surface area (Å²) in [7, 11) is 0. The number of hydrogen-bond donors (Lipinski definition) is 2. The van der Waals surface area contributed by atoms with E-state index in [1.165, 1.54) is 12.3 Å². The summed E-state index contributed by atoms with van der Waals surface area (Å²) < 4.78 is 33.3. The van der Waals surface area contributed by atoms with Crippen molar-refractivity contribution in [2.75, 3.05) is 5.73 Å². The van der Waals surface area contributed by atoms with Crippen LogP contribution in [0.1, 0.15) is 0 Å². The molecule has 0 aliphatic carbocycles. The quantitative estimate of drug-likeness (QED) is 0.544. The number of pyridine rings is 1. The van der Waals surface area contributed by atoms with Crippen LogP contribution in [0.3, 0.4) is 0 Å². The molecule has 4 aromatic rings. The van der Waals surface area contributed by atoms with Crippen LogP contribution in [0, 0.1) is 5.82 Å². The summed E-state index contributed by atoms with van der Waals surface area (Å²) in [5, 5.41) is 3.58. The van der Waals surface area contributed by atoms with Crippen LogP contribution >= 0.6 is 12.3 Å². The van der Waals surface area contributed by atoms with Gasteiger partial charge in [0.15, 0.2) is 24.0 Å². The van der Waals surface area contributed by atoms with Gasteiger partial charge in [-0.05, 0) is 12.1 Å². The summed E-state index contributed by atoms with van der Waals surface area (Å²) in [5.74, 6) is -1.30. The minimum Gasteiger partial charge on any atom is -0.399 e. The predicted octanol–water partition coefficient (Wildman–Crippen LogP) is 3.15. The molecule has 0 saturated heterocycles. The van der Waals surface area contributed by atoms with E-state index in [4.69, 9.17) is 5.73 Å². The van der Waals surface area contributed by atoms with Crippen LogP contribution in [-0.4, -0.2) is 19.1 Å². The lowest BCUT2D eigenvalue weighted by Crippen LogP contribution is -1.95. The highest BCUT2D eigenvalue weighted by molar-refractivity contribution is 7.92. The maximum Gasteiger partial charge on any atom is 0.439 e. The number of aromatic amines is 1. The Hall–Kier alpha value is -3.14. The number of fused-ring (bicyclic) bond motifs is 1. The second kappa shape index (κ2) is 5.74. The van der Waals surface area contributed by atoms with Crippen molar-refractivity contribution in [1.82, 2.24) is 19.1 Å². The summed E-state index contributed by atoms with van der Waals surface area (Å²) >= 11 is -0.124. The fourth-order valence-electron chi connectivity index (χ4n) is 2.51. The average Bonchev–Trinajstić information content (AvgIpc) is 3.18. The summed E-state index contributed by atoms with van der Waals surface area (Å²) in [5.41, 5.74) is 7.53. The fourth-order valence-corrected chi connectivity index (χ4v) is 2.87. The smallest absolute Gasteiger partial charge is 0.399 e. The third-order valence-corrected chi connectivity index (χ3v) is 4.10. The van der Waals surface area contributed by atoms with Crippen LogP contribution in [0.25, 0.3) is 33.7 Å². The second-order valence-electron chi connectivity index (χ2n) is 5.19. The van der Waals surface area contributed by atoms with Crippen molar-refractivity contribution in [2.45, 2.75) is 0 Å². The molecule has 0 radical (unpaired) electrons. The van der Waals surface area contributed by atoms with Crippen LogP contribution in [-0.2, 0) is 0 Å². The molecule has 1 aromatic carbocycles. The van der Waals surface area contributed by atoms with Crippen LogP contribution in [0.4, 0.5) is 14.0 Å². The number of nitrogen functional groups attached to an aromatic ring is 1. The third-order valence-electron chi connectivity index (χ3n) is 3.65. The zero-order chi connectivity index (χ0) is 17.6. The summed E-state index contributed by atoms with van der Waals surface area (Å²) in [6.45, 7) is 0. The third kappa shape index (κ3) is 2.56. The van der Waals surface area contributed by atoms with Crippen LogP contribution < -0.4 is 11.5 Å². The van der Waals surface area contributed by atoms with Gasteiger partial charge in [-0.25, -0.2) is 14.2 Å². The molecule has 4 rings (SSSR count). The van der Waals surface area contributed by atoms with E-state index in [9.17, 15) is 13.1 Å². The molecule has 0 fully saturated rings. The minimum absolute atomic E-state index is 0.0706. The minimum atomic E-state index is -0.760. The van der Waals surface area contributed by atoms with Crippen molar-refractivity contribution < 1.29 is 12.8 Å². The lowest BCUT2D eigenvalue weighted by molar-refractivity contribution is 0.388. The Morgan fingerprint density at radius 2 is 2.04 bits per heavy atom. The summed E-state index contributed by atoms with van der Waals surface area (Å²) in [6.07, 6.45) is 1.35. The SMILES string of the molecule is Nc1ccc(-c2nc3c(-c4noc(=O)[nH]4)cn(SF)c3cc2F)cc1. The highest BCUT2D eigenvalue weighted by atomic mass is 32.2. The molecule has 0 saturated carbocycles. The number of halogens is 2. The van der Waals surface area contributed by atoms with Gasteiger partial charge in [0, 0.05) is 23.5 Å². The van der Waals surface area contributed by atoms with Gasteiger partial charge >= 0.3 is 5.76 Å². The zero-order valence-electron chi connectivity index (χ0n) is 12.4. The van der Waals surface area contributed by atoms with Gasteiger partial charge in [0.25, 0.3) is 0 Å². The largest absolute Gasteiger partial charge is 0.439 e. The maximum atomic E-state index is 14.5. The van der Waals surface area contributed by atoms with Gasteiger partial charge in [-0.2, -0.15) is 0 Å². The van der Waals surface area contributed by atoms with Gasteiger partial charge in [-0.3, -0.25) is 13.5 Å². The average molecular weight is 361 g/mol. The van der Waals surface area contributed by atoms with Crippen molar-refractivity contribution in [2.24, 2.45) is 0 Å². The number of H-pyrrole nitrogens is 1. The Morgan fingerprint density at radius 3 is 2.68 bits per heavy atom. The van der Waals surface area contributed by atoms with Crippen molar-refractivity contribution in [3.05, 3.63) is 52.9 Å². The summed E-state index contributed by atoms with van der Waals surface area (Å²) in [4.78, 5) is 17.9. The highest BCUT2D eigenvalue weighted by Crippen LogP contribution is 2.33. The Bertz CT molecular complexity index is 1130. The molecule has 0 spiro atoms.